The number of likely N-dealkylation sites (N-methyl/N-ethyl adjacent to an activating group) is 1. The van der Waals surface area contributed by atoms with Crippen molar-refractivity contribution in [2.45, 2.75) is 6.10 Å². The van der Waals surface area contributed by atoms with Gasteiger partial charge in [0.15, 0.2) is 17.1 Å². The number of fused-ring (bicyclic) bond motifs is 1. The van der Waals surface area contributed by atoms with Crippen LogP contribution in [0, 0.1) is 0 Å². The quantitative estimate of drug-likeness (QED) is 0.698. The maximum atomic E-state index is 9.85. The topological polar surface area (TPSA) is 70.6 Å². The molecule has 0 radical (unpaired) electrons. The predicted molar refractivity (Wildman–Crippen MR) is 55.7 cm³/mol. The first kappa shape index (κ1) is 10.1. The van der Waals surface area contributed by atoms with Crippen LogP contribution in [0.4, 0.5) is 0 Å². The first-order valence-electron chi connectivity index (χ1n) is 4.74. The second-order valence-corrected chi connectivity index (χ2v) is 3.53. The fourth-order valence-corrected chi connectivity index (χ4v) is 1.67. The molecule has 2 aromatic rings. The summed E-state index contributed by atoms with van der Waals surface area (Å²) in [6.07, 6.45) is 0.963. The minimum atomic E-state index is -0.831. The maximum absolute atomic E-state index is 9.85. The largest absolute Gasteiger partial charge is 0.503 e. The molecule has 5 heteroatoms. The number of aromatic nitrogens is 1. The van der Waals surface area contributed by atoms with Crippen molar-refractivity contribution < 1.29 is 14.6 Å². The zero-order valence-electron chi connectivity index (χ0n) is 8.69. The van der Waals surface area contributed by atoms with Crippen LogP contribution in [-0.4, -0.2) is 28.4 Å². The van der Waals surface area contributed by atoms with Gasteiger partial charge >= 0.3 is 0 Å². The Morgan fingerprint density at radius 3 is 2.93 bits per heavy atom. The second kappa shape index (κ2) is 3.60. The van der Waals surface area contributed by atoms with Crippen LogP contribution in [0.1, 0.15) is 11.9 Å². The molecule has 0 aliphatic carbocycles. The molecule has 2 rings (SSSR count). The predicted octanol–water partition coefficient (Wildman–Crippen LogP) is 0.730. The SMILES string of the molecule is CNCC(O)c1oc2ccn(C)c2c1O. The highest BCUT2D eigenvalue weighted by atomic mass is 16.4. The number of nitrogens with zero attached hydrogens (tertiary/aromatic N) is 1. The zero-order valence-corrected chi connectivity index (χ0v) is 8.69. The minimum absolute atomic E-state index is 0.0141. The summed E-state index contributed by atoms with van der Waals surface area (Å²) in [4.78, 5) is 0. The van der Waals surface area contributed by atoms with E-state index in [-0.39, 0.29) is 11.5 Å². The molecule has 5 nitrogen and oxygen atoms in total. The summed E-state index contributed by atoms with van der Waals surface area (Å²) < 4.78 is 7.13. The zero-order chi connectivity index (χ0) is 11.0. The van der Waals surface area contributed by atoms with E-state index in [0.29, 0.717) is 17.6 Å². The van der Waals surface area contributed by atoms with Crippen LogP contribution in [0.25, 0.3) is 11.1 Å². The molecular weight excluding hydrogens is 196 g/mol. The average molecular weight is 210 g/mol. The fourth-order valence-electron chi connectivity index (χ4n) is 1.67. The van der Waals surface area contributed by atoms with E-state index < -0.39 is 6.10 Å². The van der Waals surface area contributed by atoms with Crippen molar-refractivity contribution in [3.63, 3.8) is 0 Å². The number of furan rings is 1. The highest BCUT2D eigenvalue weighted by Crippen LogP contribution is 2.35. The van der Waals surface area contributed by atoms with Crippen LogP contribution in [0.3, 0.4) is 0 Å². The van der Waals surface area contributed by atoms with Gasteiger partial charge < -0.3 is 24.5 Å². The third kappa shape index (κ3) is 1.49. The molecule has 0 amide bonds. The van der Waals surface area contributed by atoms with E-state index in [9.17, 15) is 10.2 Å². The van der Waals surface area contributed by atoms with Crippen molar-refractivity contribution in [3.8, 4) is 5.75 Å². The Kier molecular flexibility index (Phi) is 2.42. The first-order valence-corrected chi connectivity index (χ1v) is 4.74. The van der Waals surface area contributed by atoms with Crippen molar-refractivity contribution >= 4 is 11.1 Å². The van der Waals surface area contributed by atoms with Gasteiger partial charge in [-0.15, -0.1) is 0 Å². The maximum Gasteiger partial charge on any atom is 0.184 e. The van der Waals surface area contributed by atoms with Crippen LogP contribution in [0.2, 0.25) is 0 Å². The molecule has 1 unspecified atom stereocenters. The van der Waals surface area contributed by atoms with Crippen molar-refractivity contribution in [3.05, 3.63) is 18.0 Å². The summed E-state index contributed by atoms with van der Waals surface area (Å²) in [5.74, 6) is 0.228. The number of aromatic hydroxyl groups is 1. The van der Waals surface area contributed by atoms with E-state index in [1.54, 1.807) is 23.9 Å². The Bertz CT molecular complexity index is 472. The van der Waals surface area contributed by atoms with Crippen LogP contribution < -0.4 is 5.32 Å². The van der Waals surface area contributed by atoms with Gasteiger partial charge in [0.25, 0.3) is 0 Å². The molecule has 2 heterocycles. The number of aliphatic hydroxyl groups excluding tert-OH is 1. The molecule has 0 saturated carbocycles. The van der Waals surface area contributed by atoms with Gasteiger partial charge in [-0.05, 0) is 13.1 Å². The van der Waals surface area contributed by atoms with Crippen LogP contribution in [0.5, 0.6) is 5.75 Å². The molecule has 0 saturated heterocycles. The Morgan fingerprint density at radius 2 is 2.33 bits per heavy atom. The summed E-state index contributed by atoms with van der Waals surface area (Å²) >= 11 is 0. The number of aliphatic hydroxyl groups is 1. The number of nitrogens with one attached hydrogen (secondary N) is 1. The highest BCUT2D eigenvalue weighted by Gasteiger charge is 2.21. The van der Waals surface area contributed by atoms with Gasteiger partial charge in [0.05, 0.1) is 0 Å². The third-order valence-corrected chi connectivity index (χ3v) is 2.41. The molecule has 0 aromatic carbocycles. The van der Waals surface area contributed by atoms with Gasteiger partial charge in [-0.2, -0.15) is 0 Å². The van der Waals surface area contributed by atoms with E-state index in [4.69, 9.17) is 4.42 Å². The lowest BCUT2D eigenvalue weighted by molar-refractivity contribution is 0.148. The van der Waals surface area contributed by atoms with Gasteiger partial charge in [-0.1, -0.05) is 0 Å². The van der Waals surface area contributed by atoms with Gasteiger partial charge in [0, 0.05) is 19.8 Å². The van der Waals surface area contributed by atoms with Crippen LogP contribution in [0.15, 0.2) is 16.7 Å². The molecule has 0 fully saturated rings. The van der Waals surface area contributed by atoms with Crippen molar-refractivity contribution in [1.29, 1.82) is 0 Å². The summed E-state index contributed by atoms with van der Waals surface area (Å²) in [7, 11) is 3.54. The smallest absolute Gasteiger partial charge is 0.184 e. The fraction of sp³-hybridized carbons (Fsp3) is 0.400. The monoisotopic (exact) mass is 210 g/mol. The van der Waals surface area contributed by atoms with Gasteiger partial charge in [0.2, 0.25) is 0 Å². The van der Waals surface area contributed by atoms with E-state index in [0.717, 1.165) is 0 Å². The van der Waals surface area contributed by atoms with E-state index in [2.05, 4.69) is 5.32 Å². The number of hydrogen-bond donors (Lipinski definition) is 3. The van der Waals surface area contributed by atoms with Gasteiger partial charge in [0.1, 0.15) is 11.6 Å². The number of rotatable bonds is 3. The first-order chi connectivity index (χ1) is 7.15. The number of hydrogen-bond acceptors (Lipinski definition) is 4. The second-order valence-electron chi connectivity index (χ2n) is 3.53. The molecule has 15 heavy (non-hydrogen) atoms. The molecule has 0 bridgehead atoms. The summed E-state index contributed by atoms with van der Waals surface area (Å²) in [5.41, 5.74) is 1.19. The summed E-state index contributed by atoms with van der Waals surface area (Å²) in [6.45, 7) is 0.341. The van der Waals surface area contributed by atoms with Crippen molar-refractivity contribution in [2.24, 2.45) is 7.05 Å². The lowest BCUT2D eigenvalue weighted by Gasteiger charge is -2.06. The molecule has 0 aliphatic heterocycles. The standard InChI is InChI=1S/C10H14N2O3/c1-11-5-6(13)10-9(14)8-7(15-10)3-4-12(8)2/h3-4,6,11,13-14H,5H2,1-2H3. The van der Waals surface area contributed by atoms with Crippen LogP contribution >= 0.6 is 0 Å². The molecule has 3 N–H and O–H groups in total. The van der Waals surface area contributed by atoms with Crippen molar-refractivity contribution in [2.75, 3.05) is 13.6 Å². The Balaban J connectivity index is 2.48. The Morgan fingerprint density at radius 1 is 1.60 bits per heavy atom. The lowest BCUT2D eigenvalue weighted by Crippen LogP contribution is -2.16. The van der Waals surface area contributed by atoms with Gasteiger partial charge in [-0.3, -0.25) is 0 Å². The molecular formula is C10H14N2O3. The summed E-state index contributed by atoms with van der Waals surface area (Å²) in [5, 5.41) is 22.4. The van der Waals surface area contributed by atoms with E-state index >= 15 is 0 Å². The van der Waals surface area contributed by atoms with E-state index in [1.807, 2.05) is 7.05 Å². The summed E-state index contributed by atoms with van der Waals surface area (Å²) in [6, 6.07) is 1.75. The lowest BCUT2D eigenvalue weighted by atomic mass is 10.2. The Labute approximate surface area is 86.9 Å². The van der Waals surface area contributed by atoms with Crippen LogP contribution in [-0.2, 0) is 7.05 Å². The molecule has 82 valence electrons. The average Bonchev–Trinajstić information content (AvgIpc) is 2.70. The van der Waals surface area contributed by atoms with E-state index in [1.165, 1.54) is 0 Å². The molecule has 0 aliphatic rings. The van der Waals surface area contributed by atoms with Crippen molar-refractivity contribution in [1.82, 2.24) is 9.88 Å². The Hall–Kier alpha value is -1.46. The molecule has 0 spiro atoms. The highest BCUT2D eigenvalue weighted by molar-refractivity contribution is 5.82. The number of aryl methyl sites for hydroxylation is 1. The normalized spacial score (nSPS) is 13.5. The third-order valence-electron chi connectivity index (χ3n) is 2.41. The molecule has 1 atom stereocenters. The molecule has 2 aromatic heterocycles. The van der Waals surface area contributed by atoms with Gasteiger partial charge in [-0.25, -0.2) is 0 Å². The minimum Gasteiger partial charge on any atom is -0.503 e.